The molecule has 1 heterocycles. The minimum absolute atomic E-state index is 0.215. The van der Waals surface area contributed by atoms with E-state index < -0.39 is 18.1 Å². The summed E-state index contributed by atoms with van der Waals surface area (Å²) in [5.41, 5.74) is 0.660. The van der Waals surface area contributed by atoms with Crippen molar-refractivity contribution in [2.75, 3.05) is 6.54 Å². The van der Waals surface area contributed by atoms with Crippen molar-refractivity contribution in [3.8, 4) is 0 Å². The molecule has 6 nitrogen and oxygen atoms in total. The highest BCUT2D eigenvalue weighted by atomic mass is 19.1. The highest BCUT2D eigenvalue weighted by Crippen LogP contribution is 2.19. The molecule has 1 fully saturated rings. The molecule has 2 rings (SSSR count). The normalized spacial score (nSPS) is 21.0. The Morgan fingerprint density at radius 2 is 2.14 bits per heavy atom. The summed E-state index contributed by atoms with van der Waals surface area (Å²) in [6.45, 7) is 0.464. The van der Waals surface area contributed by atoms with E-state index in [-0.39, 0.29) is 25.0 Å². The van der Waals surface area contributed by atoms with Crippen molar-refractivity contribution in [3.63, 3.8) is 0 Å². The predicted octanol–water partition coefficient (Wildman–Crippen LogP) is 1.26. The Labute approximate surface area is 121 Å². The zero-order valence-corrected chi connectivity index (χ0v) is 11.3. The Morgan fingerprint density at radius 3 is 2.81 bits per heavy atom. The number of nitrogens with one attached hydrogen (secondary N) is 2. The van der Waals surface area contributed by atoms with Gasteiger partial charge in [0.2, 0.25) is 0 Å². The first kappa shape index (κ1) is 15.2. The lowest BCUT2D eigenvalue weighted by Crippen LogP contribution is -2.39. The summed E-state index contributed by atoms with van der Waals surface area (Å²) in [6, 6.07) is 5.56. The van der Waals surface area contributed by atoms with Gasteiger partial charge < -0.3 is 20.5 Å². The summed E-state index contributed by atoms with van der Waals surface area (Å²) in [6.07, 6.45) is -0.0218. The van der Waals surface area contributed by atoms with Crippen molar-refractivity contribution in [2.24, 2.45) is 0 Å². The molecule has 1 aliphatic heterocycles. The van der Waals surface area contributed by atoms with E-state index in [1.807, 2.05) is 0 Å². The number of amides is 2. The number of rotatable bonds is 5. The average Bonchev–Trinajstić information content (AvgIpc) is 2.92. The first-order valence-corrected chi connectivity index (χ1v) is 6.69. The third-order valence-corrected chi connectivity index (χ3v) is 3.22. The zero-order chi connectivity index (χ0) is 15.2. The molecule has 114 valence electrons. The topological polar surface area (TPSA) is 87.7 Å². The van der Waals surface area contributed by atoms with Crippen molar-refractivity contribution in [2.45, 2.75) is 31.6 Å². The van der Waals surface area contributed by atoms with E-state index in [9.17, 15) is 14.0 Å². The maximum Gasteiger partial charge on any atom is 0.332 e. The molecule has 0 spiro atoms. The number of carboxylic acids is 1. The fourth-order valence-electron chi connectivity index (χ4n) is 2.14. The molecule has 0 aromatic heterocycles. The first-order valence-electron chi connectivity index (χ1n) is 6.69. The van der Waals surface area contributed by atoms with Crippen LogP contribution < -0.4 is 10.6 Å². The molecule has 2 amide bonds. The molecule has 0 aliphatic carbocycles. The third-order valence-electron chi connectivity index (χ3n) is 3.22. The van der Waals surface area contributed by atoms with Crippen LogP contribution in [0.25, 0.3) is 0 Å². The molecule has 3 N–H and O–H groups in total. The predicted molar refractivity (Wildman–Crippen MR) is 72.2 cm³/mol. The van der Waals surface area contributed by atoms with Gasteiger partial charge in [0.15, 0.2) is 6.10 Å². The monoisotopic (exact) mass is 296 g/mol. The summed E-state index contributed by atoms with van der Waals surface area (Å²) in [5.74, 6) is -1.33. The fourth-order valence-corrected chi connectivity index (χ4v) is 2.14. The van der Waals surface area contributed by atoms with Gasteiger partial charge in [-0.15, -0.1) is 0 Å². The van der Waals surface area contributed by atoms with Crippen LogP contribution in [0.2, 0.25) is 0 Å². The summed E-state index contributed by atoms with van der Waals surface area (Å²) < 4.78 is 18.2. The van der Waals surface area contributed by atoms with E-state index in [1.54, 1.807) is 12.1 Å². The van der Waals surface area contributed by atoms with Crippen molar-refractivity contribution in [1.82, 2.24) is 10.6 Å². The summed E-state index contributed by atoms with van der Waals surface area (Å²) in [5, 5.41) is 14.0. The number of aliphatic carboxylic acids is 1. The Hall–Kier alpha value is -2.15. The lowest BCUT2D eigenvalue weighted by molar-refractivity contribution is -0.149. The summed E-state index contributed by atoms with van der Waals surface area (Å²) in [4.78, 5) is 22.3. The van der Waals surface area contributed by atoms with E-state index in [4.69, 9.17) is 9.84 Å². The molecule has 0 bridgehead atoms. The molecule has 7 heteroatoms. The second kappa shape index (κ2) is 7.03. The smallest absolute Gasteiger partial charge is 0.332 e. The summed E-state index contributed by atoms with van der Waals surface area (Å²) >= 11 is 0. The van der Waals surface area contributed by atoms with Gasteiger partial charge in [0, 0.05) is 13.1 Å². The molecular weight excluding hydrogens is 279 g/mol. The largest absolute Gasteiger partial charge is 0.479 e. The maximum atomic E-state index is 13.0. The van der Waals surface area contributed by atoms with Crippen LogP contribution in [0.4, 0.5) is 9.18 Å². The first-order chi connectivity index (χ1) is 10.0. The molecule has 0 saturated carbocycles. The van der Waals surface area contributed by atoms with Crippen molar-refractivity contribution >= 4 is 12.0 Å². The molecule has 1 saturated heterocycles. The average molecular weight is 296 g/mol. The number of urea groups is 1. The van der Waals surface area contributed by atoms with E-state index in [2.05, 4.69) is 10.6 Å². The van der Waals surface area contributed by atoms with Gasteiger partial charge in [-0.25, -0.2) is 14.0 Å². The number of carboxylic acid groups (broad SMARTS) is 1. The van der Waals surface area contributed by atoms with Gasteiger partial charge in [-0.2, -0.15) is 0 Å². The van der Waals surface area contributed by atoms with E-state index in [0.717, 1.165) is 0 Å². The minimum Gasteiger partial charge on any atom is -0.479 e. The van der Waals surface area contributed by atoms with Gasteiger partial charge in [-0.3, -0.25) is 0 Å². The number of carbonyl (C=O) groups excluding carboxylic acids is 1. The standard InChI is InChI=1S/C14H17FN2O4/c15-10-3-1-2-9(6-10)7-16-14(20)17-8-11-4-5-12(21-11)13(18)19/h1-3,6,11-12H,4-5,7-8H2,(H,18,19)(H2,16,17,20). The van der Waals surface area contributed by atoms with Crippen LogP contribution >= 0.6 is 0 Å². The van der Waals surface area contributed by atoms with Gasteiger partial charge in [-0.1, -0.05) is 12.1 Å². The Morgan fingerprint density at radius 1 is 1.33 bits per heavy atom. The highest BCUT2D eigenvalue weighted by Gasteiger charge is 2.30. The van der Waals surface area contributed by atoms with E-state index >= 15 is 0 Å². The van der Waals surface area contributed by atoms with Gasteiger partial charge in [-0.05, 0) is 30.5 Å². The van der Waals surface area contributed by atoms with Crippen molar-refractivity contribution in [1.29, 1.82) is 0 Å². The molecule has 0 radical (unpaired) electrons. The van der Waals surface area contributed by atoms with Crippen LogP contribution in [0.3, 0.4) is 0 Å². The number of hydrogen-bond donors (Lipinski definition) is 3. The second-order valence-electron chi connectivity index (χ2n) is 4.86. The molecular formula is C14H17FN2O4. The van der Waals surface area contributed by atoms with Gasteiger partial charge >= 0.3 is 12.0 Å². The molecule has 1 aromatic carbocycles. The fraction of sp³-hybridized carbons (Fsp3) is 0.429. The van der Waals surface area contributed by atoms with Crippen LogP contribution in [-0.2, 0) is 16.1 Å². The quantitative estimate of drug-likeness (QED) is 0.763. The number of halogens is 1. The van der Waals surface area contributed by atoms with Crippen LogP contribution in [0.15, 0.2) is 24.3 Å². The molecule has 1 aromatic rings. The number of carbonyl (C=O) groups is 2. The summed E-state index contributed by atoms with van der Waals surface area (Å²) in [7, 11) is 0. The van der Waals surface area contributed by atoms with Crippen LogP contribution in [0, 0.1) is 5.82 Å². The Balaban J connectivity index is 1.67. The second-order valence-corrected chi connectivity index (χ2v) is 4.86. The molecule has 2 atom stereocenters. The van der Waals surface area contributed by atoms with Gasteiger partial charge in [0.25, 0.3) is 0 Å². The van der Waals surface area contributed by atoms with E-state index in [0.29, 0.717) is 18.4 Å². The number of hydrogen-bond acceptors (Lipinski definition) is 3. The minimum atomic E-state index is -0.979. The van der Waals surface area contributed by atoms with Crippen LogP contribution in [0.5, 0.6) is 0 Å². The lowest BCUT2D eigenvalue weighted by Gasteiger charge is -2.13. The third kappa shape index (κ3) is 4.71. The SMILES string of the molecule is O=C(NCc1cccc(F)c1)NCC1CCC(C(=O)O)O1. The maximum absolute atomic E-state index is 13.0. The lowest BCUT2D eigenvalue weighted by atomic mass is 10.2. The van der Waals surface area contributed by atoms with Crippen LogP contribution in [-0.4, -0.2) is 35.9 Å². The number of ether oxygens (including phenoxy) is 1. The van der Waals surface area contributed by atoms with Gasteiger partial charge in [0.1, 0.15) is 5.82 Å². The Kier molecular flexibility index (Phi) is 5.10. The van der Waals surface area contributed by atoms with Crippen molar-refractivity contribution in [3.05, 3.63) is 35.6 Å². The zero-order valence-electron chi connectivity index (χ0n) is 11.3. The number of benzene rings is 1. The highest BCUT2D eigenvalue weighted by molar-refractivity contribution is 5.74. The van der Waals surface area contributed by atoms with Crippen molar-refractivity contribution < 1.29 is 23.8 Å². The Bertz CT molecular complexity index is 523. The van der Waals surface area contributed by atoms with E-state index in [1.165, 1.54) is 12.1 Å². The van der Waals surface area contributed by atoms with Gasteiger partial charge in [0.05, 0.1) is 6.10 Å². The molecule has 1 aliphatic rings. The van der Waals surface area contributed by atoms with Crippen LogP contribution in [0.1, 0.15) is 18.4 Å². The molecule has 2 unspecified atom stereocenters. The molecule has 21 heavy (non-hydrogen) atoms.